The number of carboxylic acid groups (broad SMARTS) is 1. The number of ether oxygens (including phenoxy) is 1. The lowest BCUT2D eigenvalue weighted by molar-refractivity contribution is -0.137. The maximum absolute atomic E-state index is 12.9. The minimum Gasteiger partial charge on any atom is -0.493 e. The van der Waals surface area contributed by atoms with E-state index in [1.165, 1.54) is 4.90 Å². The Morgan fingerprint density at radius 2 is 2.13 bits per heavy atom. The summed E-state index contributed by atoms with van der Waals surface area (Å²) in [6.07, 6.45) is 2.28. The van der Waals surface area contributed by atoms with Crippen LogP contribution < -0.4 is 4.74 Å². The third-order valence-electron chi connectivity index (χ3n) is 3.71. The van der Waals surface area contributed by atoms with Gasteiger partial charge in [-0.2, -0.15) is 0 Å². The van der Waals surface area contributed by atoms with Gasteiger partial charge in [-0.05, 0) is 25.5 Å². The highest BCUT2D eigenvalue weighted by molar-refractivity contribution is 5.95. The number of fused-ring (bicyclic) bond motifs is 1. The first-order valence-electron chi connectivity index (χ1n) is 7.58. The van der Waals surface area contributed by atoms with Crippen LogP contribution in [0.25, 0.3) is 5.65 Å². The molecule has 0 aromatic carbocycles. The van der Waals surface area contributed by atoms with E-state index >= 15 is 0 Å². The summed E-state index contributed by atoms with van der Waals surface area (Å²) in [5.41, 5.74) is 1.73. The summed E-state index contributed by atoms with van der Waals surface area (Å²) < 4.78 is 7.01. The van der Waals surface area contributed by atoms with Gasteiger partial charge < -0.3 is 14.7 Å². The zero-order valence-electron chi connectivity index (χ0n) is 13.6. The Kier molecular flexibility index (Phi) is 5.20. The molecule has 0 bridgehead atoms. The lowest BCUT2D eigenvalue weighted by atomic mass is 10.2. The number of pyridine rings is 1. The van der Waals surface area contributed by atoms with Crippen LogP contribution >= 0.6 is 0 Å². The Morgan fingerprint density at radius 3 is 2.70 bits per heavy atom. The number of nitrogens with zero attached hydrogens (tertiary/aromatic N) is 3. The van der Waals surface area contributed by atoms with Crippen molar-refractivity contribution in [1.82, 2.24) is 14.3 Å². The summed E-state index contributed by atoms with van der Waals surface area (Å²) in [4.78, 5) is 29.7. The molecule has 0 saturated carbocycles. The summed E-state index contributed by atoms with van der Waals surface area (Å²) in [5.74, 6) is -0.548. The Morgan fingerprint density at radius 1 is 1.39 bits per heavy atom. The first-order chi connectivity index (χ1) is 11.0. The number of rotatable bonds is 7. The summed E-state index contributed by atoms with van der Waals surface area (Å²) >= 11 is 0. The largest absolute Gasteiger partial charge is 0.493 e. The molecule has 0 aliphatic heterocycles. The van der Waals surface area contributed by atoms with Gasteiger partial charge in [0.15, 0.2) is 11.4 Å². The van der Waals surface area contributed by atoms with Crippen LogP contribution in [0.5, 0.6) is 5.75 Å². The van der Waals surface area contributed by atoms with Crippen molar-refractivity contribution in [3.05, 3.63) is 29.7 Å². The monoisotopic (exact) mass is 319 g/mol. The Labute approximate surface area is 134 Å². The molecule has 1 N–H and O–H groups in total. The molecule has 2 rings (SSSR count). The molecule has 2 heterocycles. The second kappa shape index (κ2) is 7.13. The zero-order valence-corrected chi connectivity index (χ0v) is 13.6. The molecule has 23 heavy (non-hydrogen) atoms. The van der Waals surface area contributed by atoms with Gasteiger partial charge in [0.2, 0.25) is 0 Å². The van der Waals surface area contributed by atoms with Gasteiger partial charge in [-0.25, -0.2) is 4.98 Å². The van der Waals surface area contributed by atoms with E-state index in [9.17, 15) is 9.59 Å². The summed E-state index contributed by atoms with van der Waals surface area (Å²) in [5, 5.41) is 8.84. The van der Waals surface area contributed by atoms with Crippen molar-refractivity contribution in [3.8, 4) is 5.75 Å². The maximum atomic E-state index is 12.9. The van der Waals surface area contributed by atoms with Gasteiger partial charge in [-0.15, -0.1) is 0 Å². The smallest absolute Gasteiger partial charge is 0.305 e. The van der Waals surface area contributed by atoms with Crippen molar-refractivity contribution < 1.29 is 19.4 Å². The standard InChI is InChI=1S/C16H21N3O4/c1-4-11-14(16(22)18(5-2)10-8-13(20)21)19-9-6-7-12(23-3)15(19)17-11/h6-7,9H,4-5,8,10H2,1-3H3,(H,20,21). The van der Waals surface area contributed by atoms with Crippen molar-refractivity contribution in [2.24, 2.45) is 0 Å². The topological polar surface area (TPSA) is 84.1 Å². The summed E-state index contributed by atoms with van der Waals surface area (Å²) in [6, 6.07) is 3.58. The number of methoxy groups -OCH3 is 1. The average molecular weight is 319 g/mol. The van der Waals surface area contributed by atoms with E-state index in [1.807, 2.05) is 13.8 Å². The summed E-state index contributed by atoms with van der Waals surface area (Å²) in [6.45, 7) is 4.37. The van der Waals surface area contributed by atoms with Gasteiger partial charge in [0.05, 0.1) is 19.2 Å². The lowest BCUT2D eigenvalue weighted by Crippen LogP contribution is -2.34. The van der Waals surface area contributed by atoms with Crippen LogP contribution in [0.3, 0.4) is 0 Å². The molecule has 1 amide bonds. The minimum absolute atomic E-state index is 0.0822. The molecule has 2 aromatic heterocycles. The third-order valence-corrected chi connectivity index (χ3v) is 3.71. The first kappa shape index (κ1) is 16.8. The maximum Gasteiger partial charge on any atom is 0.305 e. The van der Waals surface area contributed by atoms with Crippen molar-refractivity contribution in [3.63, 3.8) is 0 Å². The van der Waals surface area contributed by atoms with Crippen molar-refractivity contribution >= 4 is 17.5 Å². The van der Waals surface area contributed by atoms with E-state index in [-0.39, 0.29) is 18.9 Å². The second-order valence-electron chi connectivity index (χ2n) is 5.06. The molecule has 0 spiro atoms. The van der Waals surface area contributed by atoms with Gasteiger partial charge in [0.1, 0.15) is 5.69 Å². The van der Waals surface area contributed by atoms with Crippen LogP contribution in [0.2, 0.25) is 0 Å². The van der Waals surface area contributed by atoms with Crippen LogP contribution in [0.4, 0.5) is 0 Å². The number of amides is 1. The molecular formula is C16H21N3O4. The fraction of sp³-hybridized carbons (Fsp3) is 0.438. The fourth-order valence-corrected chi connectivity index (χ4v) is 2.51. The number of hydrogen-bond acceptors (Lipinski definition) is 4. The van der Waals surface area contributed by atoms with Gasteiger partial charge in [-0.1, -0.05) is 6.92 Å². The van der Waals surface area contributed by atoms with E-state index in [0.29, 0.717) is 35.8 Å². The highest BCUT2D eigenvalue weighted by Crippen LogP contribution is 2.23. The number of carbonyl (C=O) groups excluding carboxylic acids is 1. The zero-order chi connectivity index (χ0) is 17.0. The summed E-state index contributed by atoms with van der Waals surface area (Å²) in [7, 11) is 1.56. The number of aryl methyl sites for hydroxylation is 1. The van der Waals surface area contributed by atoms with Gasteiger partial charge >= 0.3 is 5.97 Å². The molecule has 0 atom stereocenters. The molecule has 7 nitrogen and oxygen atoms in total. The molecular weight excluding hydrogens is 298 g/mol. The van der Waals surface area contributed by atoms with E-state index in [4.69, 9.17) is 9.84 Å². The minimum atomic E-state index is -0.924. The number of carbonyl (C=O) groups is 2. The normalized spacial score (nSPS) is 10.7. The first-order valence-corrected chi connectivity index (χ1v) is 7.58. The number of aromatic nitrogens is 2. The van der Waals surface area contributed by atoms with E-state index in [0.717, 1.165) is 0 Å². The van der Waals surface area contributed by atoms with Crippen molar-refractivity contribution in [2.45, 2.75) is 26.7 Å². The average Bonchev–Trinajstić information content (AvgIpc) is 2.93. The fourth-order valence-electron chi connectivity index (χ4n) is 2.51. The van der Waals surface area contributed by atoms with Crippen LogP contribution in [0, 0.1) is 0 Å². The number of imidazole rings is 1. The molecule has 0 unspecified atom stereocenters. The van der Waals surface area contributed by atoms with Crippen LogP contribution in [0.1, 0.15) is 36.5 Å². The van der Waals surface area contributed by atoms with Crippen LogP contribution in [-0.2, 0) is 11.2 Å². The van der Waals surface area contributed by atoms with Crippen LogP contribution in [0.15, 0.2) is 18.3 Å². The predicted molar refractivity (Wildman–Crippen MR) is 85.0 cm³/mol. The quantitative estimate of drug-likeness (QED) is 0.842. The van der Waals surface area contributed by atoms with E-state index in [1.54, 1.807) is 29.8 Å². The van der Waals surface area contributed by atoms with Crippen molar-refractivity contribution in [1.29, 1.82) is 0 Å². The predicted octanol–water partition coefficient (Wildman–Crippen LogP) is 1.84. The van der Waals surface area contributed by atoms with Gasteiger partial charge in [0, 0.05) is 19.3 Å². The Hall–Kier alpha value is -2.57. The van der Waals surface area contributed by atoms with Gasteiger partial charge in [0.25, 0.3) is 5.91 Å². The Bertz CT molecular complexity index is 723. The molecule has 0 aliphatic carbocycles. The number of carboxylic acids is 1. The molecule has 124 valence electrons. The van der Waals surface area contributed by atoms with E-state index in [2.05, 4.69) is 4.98 Å². The SMILES string of the molecule is CCc1nc2c(OC)cccn2c1C(=O)N(CC)CCC(=O)O. The Balaban J connectivity index is 2.48. The molecule has 0 aliphatic rings. The highest BCUT2D eigenvalue weighted by atomic mass is 16.5. The number of aliphatic carboxylic acids is 1. The molecule has 0 fully saturated rings. The second-order valence-corrected chi connectivity index (χ2v) is 5.06. The molecule has 0 saturated heterocycles. The molecule has 2 aromatic rings. The third kappa shape index (κ3) is 3.28. The molecule has 0 radical (unpaired) electrons. The van der Waals surface area contributed by atoms with E-state index < -0.39 is 5.97 Å². The molecule has 7 heteroatoms. The van der Waals surface area contributed by atoms with Gasteiger partial charge in [-0.3, -0.25) is 14.0 Å². The highest BCUT2D eigenvalue weighted by Gasteiger charge is 2.24. The number of hydrogen-bond donors (Lipinski definition) is 1. The van der Waals surface area contributed by atoms with Crippen molar-refractivity contribution in [2.75, 3.05) is 20.2 Å². The lowest BCUT2D eigenvalue weighted by Gasteiger charge is -2.20. The van der Waals surface area contributed by atoms with Crippen LogP contribution in [-0.4, -0.2) is 51.5 Å².